The lowest BCUT2D eigenvalue weighted by Crippen LogP contribution is -3.14. The summed E-state index contributed by atoms with van der Waals surface area (Å²) < 4.78 is 33.1. The van der Waals surface area contributed by atoms with Crippen LogP contribution in [0, 0.1) is 0 Å². The van der Waals surface area contributed by atoms with Crippen molar-refractivity contribution in [1.82, 2.24) is 0 Å². The van der Waals surface area contributed by atoms with Crippen LogP contribution in [0.25, 0.3) is 0 Å². The summed E-state index contributed by atoms with van der Waals surface area (Å²) in [5, 5.41) is 10.7. The summed E-state index contributed by atoms with van der Waals surface area (Å²) >= 11 is 0. The molecule has 1 heterocycles. The van der Waals surface area contributed by atoms with Crippen molar-refractivity contribution in [3.63, 3.8) is 0 Å². The highest BCUT2D eigenvalue weighted by Crippen LogP contribution is 2.26. The molecule has 2 aromatic rings. The molecule has 7 heteroatoms. The highest BCUT2D eigenvalue weighted by Gasteiger charge is 2.29. The number of likely N-dealkylation sites (tertiary alicyclic amines) is 1. The third kappa shape index (κ3) is 5.04. The van der Waals surface area contributed by atoms with Crippen molar-refractivity contribution in [3.05, 3.63) is 54.6 Å². The summed E-state index contributed by atoms with van der Waals surface area (Å²) in [6.45, 7) is 2.64. The van der Waals surface area contributed by atoms with Gasteiger partial charge in [-0.1, -0.05) is 18.2 Å². The molecule has 1 aliphatic heterocycles. The van der Waals surface area contributed by atoms with E-state index in [1.165, 1.54) is 15.6 Å². The third-order valence-electron chi connectivity index (χ3n) is 5.15. The second-order valence-corrected chi connectivity index (χ2v) is 9.08. The molecule has 0 unspecified atom stereocenters. The molecule has 0 aliphatic carbocycles. The maximum absolute atomic E-state index is 13.3. The SMILES string of the molecule is COc1ccc(N(C[C@H](O)C[NH+]2CCCCC2)S(=O)(=O)c2ccccc2)cc1. The molecule has 2 aromatic carbocycles. The average Bonchev–Trinajstić information content (AvgIpc) is 2.73. The van der Waals surface area contributed by atoms with Gasteiger partial charge in [-0.15, -0.1) is 0 Å². The van der Waals surface area contributed by atoms with Gasteiger partial charge in [0.15, 0.2) is 0 Å². The van der Waals surface area contributed by atoms with Crippen LogP contribution in [0.15, 0.2) is 59.5 Å². The molecule has 0 aromatic heterocycles. The number of rotatable bonds is 8. The number of nitrogens with one attached hydrogen (secondary N) is 1. The van der Waals surface area contributed by atoms with E-state index in [0.717, 1.165) is 25.9 Å². The number of aliphatic hydroxyl groups excluding tert-OH is 1. The van der Waals surface area contributed by atoms with Gasteiger partial charge in [-0.25, -0.2) is 8.42 Å². The Hall–Kier alpha value is -2.09. The van der Waals surface area contributed by atoms with Crippen molar-refractivity contribution in [2.24, 2.45) is 0 Å². The number of hydrogen-bond donors (Lipinski definition) is 2. The number of aliphatic hydroxyl groups is 1. The Morgan fingerprint density at radius 2 is 1.68 bits per heavy atom. The average molecular weight is 406 g/mol. The molecule has 1 saturated heterocycles. The normalized spacial score (nSPS) is 16.5. The van der Waals surface area contributed by atoms with E-state index in [1.807, 2.05) is 0 Å². The van der Waals surface area contributed by atoms with Crippen molar-refractivity contribution < 1.29 is 23.2 Å². The second-order valence-electron chi connectivity index (χ2n) is 7.22. The highest BCUT2D eigenvalue weighted by atomic mass is 32.2. The zero-order chi connectivity index (χ0) is 20.0. The molecule has 0 saturated carbocycles. The van der Waals surface area contributed by atoms with E-state index in [4.69, 9.17) is 4.74 Å². The maximum atomic E-state index is 13.3. The van der Waals surface area contributed by atoms with E-state index in [1.54, 1.807) is 61.7 Å². The lowest BCUT2D eigenvalue weighted by molar-refractivity contribution is -0.907. The molecule has 2 N–H and O–H groups in total. The molecule has 0 bridgehead atoms. The van der Waals surface area contributed by atoms with Gasteiger partial charge >= 0.3 is 0 Å². The lowest BCUT2D eigenvalue weighted by Gasteiger charge is -2.30. The van der Waals surface area contributed by atoms with Crippen molar-refractivity contribution in [2.75, 3.05) is 37.6 Å². The minimum Gasteiger partial charge on any atom is -0.497 e. The van der Waals surface area contributed by atoms with Crippen molar-refractivity contribution >= 4 is 15.7 Å². The largest absolute Gasteiger partial charge is 0.497 e. The summed E-state index contributed by atoms with van der Waals surface area (Å²) in [4.78, 5) is 1.55. The smallest absolute Gasteiger partial charge is 0.264 e. The number of ether oxygens (including phenoxy) is 1. The fourth-order valence-corrected chi connectivity index (χ4v) is 5.18. The van der Waals surface area contributed by atoms with E-state index in [-0.39, 0.29) is 11.4 Å². The van der Waals surface area contributed by atoms with Gasteiger partial charge in [0.1, 0.15) is 18.4 Å². The predicted octanol–water partition coefficient (Wildman–Crippen LogP) is 1.32. The van der Waals surface area contributed by atoms with Crippen molar-refractivity contribution in [1.29, 1.82) is 0 Å². The zero-order valence-corrected chi connectivity index (χ0v) is 17.1. The van der Waals surface area contributed by atoms with Crippen LogP contribution in [0.2, 0.25) is 0 Å². The molecule has 0 radical (unpaired) electrons. The molecule has 28 heavy (non-hydrogen) atoms. The molecule has 3 rings (SSSR count). The summed E-state index contributed by atoms with van der Waals surface area (Å²) in [5.41, 5.74) is 0.511. The fraction of sp³-hybridized carbons (Fsp3) is 0.429. The lowest BCUT2D eigenvalue weighted by atomic mass is 10.1. The maximum Gasteiger partial charge on any atom is 0.264 e. The fourth-order valence-electron chi connectivity index (χ4n) is 3.66. The second kappa shape index (κ2) is 9.41. The first-order chi connectivity index (χ1) is 13.5. The number of hydrogen-bond acceptors (Lipinski definition) is 4. The number of methoxy groups -OCH3 is 1. The predicted molar refractivity (Wildman–Crippen MR) is 109 cm³/mol. The molecule has 1 fully saturated rings. The first-order valence-electron chi connectivity index (χ1n) is 9.74. The van der Waals surface area contributed by atoms with E-state index in [9.17, 15) is 13.5 Å². The third-order valence-corrected chi connectivity index (χ3v) is 6.96. The summed E-state index contributed by atoms with van der Waals surface area (Å²) in [7, 11) is -2.22. The van der Waals surface area contributed by atoms with Crippen molar-refractivity contribution in [3.8, 4) is 5.75 Å². The van der Waals surface area contributed by atoms with Crippen LogP contribution in [-0.4, -0.2) is 52.9 Å². The van der Waals surface area contributed by atoms with E-state index >= 15 is 0 Å². The van der Waals surface area contributed by atoms with Gasteiger partial charge in [-0.2, -0.15) is 0 Å². The monoisotopic (exact) mass is 405 g/mol. The Labute approximate surface area is 167 Å². The molecule has 0 amide bonds. The first kappa shape index (κ1) is 20.6. The minimum atomic E-state index is -3.79. The summed E-state index contributed by atoms with van der Waals surface area (Å²) in [5.74, 6) is 0.652. The van der Waals surface area contributed by atoms with Crippen LogP contribution >= 0.6 is 0 Å². The molecular formula is C21H29N2O4S+. The first-order valence-corrected chi connectivity index (χ1v) is 11.2. The standard InChI is InChI=1S/C21H28N2O4S/c1-27-20-12-10-18(11-13-20)23(28(25,26)21-8-4-2-5-9-21)17-19(24)16-22-14-6-3-7-15-22/h2,4-5,8-13,19,24H,3,6-7,14-17H2,1H3/p+1/t19-/m1/s1. The van der Waals surface area contributed by atoms with E-state index < -0.39 is 16.1 Å². The van der Waals surface area contributed by atoms with Gasteiger partial charge in [-0.05, 0) is 55.7 Å². The van der Waals surface area contributed by atoms with Gasteiger partial charge in [0, 0.05) is 0 Å². The topological polar surface area (TPSA) is 71.3 Å². The Balaban J connectivity index is 1.85. The number of benzene rings is 2. The molecule has 1 atom stereocenters. The van der Waals surface area contributed by atoms with Crippen LogP contribution in [0.4, 0.5) is 5.69 Å². The molecular weight excluding hydrogens is 376 g/mol. The van der Waals surface area contributed by atoms with E-state index in [0.29, 0.717) is 18.0 Å². The van der Waals surface area contributed by atoms with E-state index in [2.05, 4.69) is 0 Å². The van der Waals surface area contributed by atoms with Gasteiger partial charge < -0.3 is 14.7 Å². The number of sulfonamides is 1. The minimum absolute atomic E-state index is 0.0209. The Morgan fingerprint density at radius 1 is 1.04 bits per heavy atom. The van der Waals surface area contributed by atoms with Crippen LogP contribution in [0.1, 0.15) is 19.3 Å². The molecule has 1 aliphatic rings. The number of nitrogens with zero attached hydrogens (tertiary/aromatic N) is 1. The quantitative estimate of drug-likeness (QED) is 0.695. The highest BCUT2D eigenvalue weighted by molar-refractivity contribution is 7.92. The molecule has 6 nitrogen and oxygen atoms in total. The summed E-state index contributed by atoms with van der Waals surface area (Å²) in [6.07, 6.45) is 2.81. The Bertz CT molecular complexity index is 834. The van der Waals surface area contributed by atoms with Crippen LogP contribution < -0.4 is 13.9 Å². The number of anilines is 1. The number of quaternary nitrogens is 1. The van der Waals surface area contributed by atoms with Crippen LogP contribution in [-0.2, 0) is 10.0 Å². The Morgan fingerprint density at radius 3 is 2.29 bits per heavy atom. The van der Waals surface area contributed by atoms with Crippen molar-refractivity contribution in [2.45, 2.75) is 30.3 Å². The van der Waals surface area contributed by atoms with Crippen LogP contribution in [0.5, 0.6) is 5.75 Å². The van der Waals surface area contributed by atoms with Crippen LogP contribution in [0.3, 0.4) is 0 Å². The van der Waals surface area contributed by atoms with Gasteiger partial charge in [0.05, 0.1) is 37.3 Å². The van der Waals surface area contributed by atoms with Gasteiger partial charge in [-0.3, -0.25) is 4.31 Å². The van der Waals surface area contributed by atoms with Gasteiger partial charge in [0.25, 0.3) is 10.0 Å². The summed E-state index contributed by atoms with van der Waals surface area (Å²) in [6, 6.07) is 15.2. The van der Waals surface area contributed by atoms with Gasteiger partial charge in [0.2, 0.25) is 0 Å². The zero-order valence-electron chi connectivity index (χ0n) is 16.3. The molecule has 0 spiro atoms. The Kier molecular flexibility index (Phi) is 6.93. The number of piperidine rings is 1. The molecule has 152 valence electrons.